The number of nitrogens with one attached hydrogen (secondary N) is 1. The van der Waals surface area contributed by atoms with E-state index in [1.54, 1.807) is 0 Å². The molecule has 1 aliphatic rings. The molecule has 0 amide bonds. The van der Waals surface area contributed by atoms with Gasteiger partial charge in [-0.2, -0.15) is 0 Å². The molecule has 0 fully saturated rings. The topological polar surface area (TPSA) is 54.7 Å². The summed E-state index contributed by atoms with van der Waals surface area (Å²) in [6.07, 6.45) is 3.18. The Morgan fingerprint density at radius 2 is 2.20 bits per heavy atom. The number of rotatable bonds is 1. The number of aryl methyl sites for hydroxylation is 2. The van der Waals surface area contributed by atoms with E-state index in [0.717, 1.165) is 35.7 Å². The maximum absolute atomic E-state index is 5.56. The SMILES string of the molecule is Cc1ccc2nc3c(c(-c4n[nH]c(=S)o4)c2c1)CCC3. The fourth-order valence-corrected chi connectivity index (χ4v) is 3.08. The Kier molecular flexibility index (Phi) is 2.50. The molecule has 1 N–H and O–H groups in total. The molecular weight excluding hydrogens is 270 g/mol. The van der Waals surface area contributed by atoms with Gasteiger partial charge in [0, 0.05) is 11.1 Å². The first kappa shape index (κ1) is 11.8. The van der Waals surface area contributed by atoms with E-state index in [9.17, 15) is 0 Å². The van der Waals surface area contributed by atoms with Crippen molar-refractivity contribution < 1.29 is 4.42 Å². The molecule has 2 aromatic heterocycles. The van der Waals surface area contributed by atoms with Gasteiger partial charge < -0.3 is 4.42 Å². The van der Waals surface area contributed by atoms with Crippen molar-refractivity contribution in [2.24, 2.45) is 0 Å². The van der Waals surface area contributed by atoms with Crippen LogP contribution in [0.5, 0.6) is 0 Å². The third-order valence-electron chi connectivity index (χ3n) is 3.82. The molecule has 5 heteroatoms. The quantitative estimate of drug-likeness (QED) is 0.691. The zero-order chi connectivity index (χ0) is 13.7. The number of nitrogens with zero attached hydrogens (tertiary/aromatic N) is 2. The minimum absolute atomic E-state index is 0.310. The molecule has 3 aromatic rings. The highest BCUT2D eigenvalue weighted by molar-refractivity contribution is 7.71. The van der Waals surface area contributed by atoms with Crippen molar-refractivity contribution in [1.29, 1.82) is 0 Å². The van der Waals surface area contributed by atoms with Crippen molar-refractivity contribution in [2.75, 3.05) is 0 Å². The molecule has 100 valence electrons. The summed E-state index contributed by atoms with van der Waals surface area (Å²) in [5, 5.41) is 8.03. The van der Waals surface area contributed by atoms with Crippen LogP contribution < -0.4 is 0 Å². The largest absolute Gasteiger partial charge is 0.409 e. The number of aromatic amines is 1. The van der Waals surface area contributed by atoms with E-state index in [1.165, 1.54) is 16.8 Å². The Morgan fingerprint density at radius 3 is 3.00 bits per heavy atom. The zero-order valence-electron chi connectivity index (χ0n) is 11.1. The second kappa shape index (κ2) is 4.24. The Bertz CT molecular complexity index is 878. The predicted octanol–water partition coefficient (Wildman–Crippen LogP) is 3.74. The highest BCUT2D eigenvalue weighted by Crippen LogP contribution is 2.36. The van der Waals surface area contributed by atoms with Crippen LogP contribution in [-0.4, -0.2) is 15.2 Å². The summed E-state index contributed by atoms with van der Waals surface area (Å²) in [5.74, 6) is 0.575. The average molecular weight is 283 g/mol. The minimum atomic E-state index is 0.310. The molecule has 0 saturated carbocycles. The summed E-state index contributed by atoms with van der Waals surface area (Å²) in [6, 6.07) is 6.29. The van der Waals surface area contributed by atoms with Crippen LogP contribution in [0, 0.1) is 11.8 Å². The van der Waals surface area contributed by atoms with Gasteiger partial charge in [-0.05, 0) is 56.1 Å². The molecule has 2 heterocycles. The number of fused-ring (bicyclic) bond motifs is 2. The van der Waals surface area contributed by atoms with Gasteiger partial charge in [-0.15, -0.1) is 5.10 Å². The lowest BCUT2D eigenvalue weighted by Crippen LogP contribution is -1.96. The fourth-order valence-electron chi connectivity index (χ4n) is 2.96. The first-order chi connectivity index (χ1) is 9.72. The Hall–Kier alpha value is -2.01. The lowest BCUT2D eigenvalue weighted by atomic mass is 10.00. The number of benzene rings is 1. The minimum Gasteiger partial charge on any atom is -0.409 e. The van der Waals surface area contributed by atoms with Gasteiger partial charge in [0.1, 0.15) is 0 Å². The fraction of sp³-hybridized carbons (Fsp3) is 0.267. The first-order valence-electron chi connectivity index (χ1n) is 6.70. The van der Waals surface area contributed by atoms with Gasteiger partial charge in [0.05, 0.1) is 11.1 Å². The Balaban J connectivity index is 2.15. The number of aromatic nitrogens is 3. The van der Waals surface area contributed by atoms with Crippen molar-refractivity contribution in [3.8, 4) is 11.5 Å². The molecule has 0 saturated heterocycles. The van der Waals surface area contributed by atoms with Crippen LogP contribution in [0.3, 0.4) is 0 Å². The highest BCUT2D eigenvalue weighted by Gasteiger charge is 2.23. The van der Waals surface area contributed by atoms with E-state index in [4.69, 9.17) is 21.6 Å². The Labute approximate surface area is 120 Å². The van der Waals surface area contributed by atoms with Gasteiger partial charge in [-0.1, -0.05) is 11.6 Å². The van der Waals surface area contributed by atoms with Gasteiger partial charge in [0.25, 0.3) is 4.84 Å². The second-order valence-electron chi connectivity index (χ2n) is 5.20. The summed E-state index contributed by atoms with van der Waals surface area (Å²) >= 11 is 5.01. The third-order valence-corrected chi connectivity index (χ3v) is 3.99. The van der Waals surface area contributed by atoms with Crippen molar-refractivity contribution >= 4 is 23.1 Å². The van der Waals surface area contributed by atoms with Crippen LogP contribution >= 0.6 is 12.2 Å². The first-order valence-corrected chi connectivity index (χ1v) is 7.11. The van der Waals surface area contributed by atoms with Gasteiger partial charge in [0.15, 0.2) is 0 Å². The lowest BCUT2D eigenvalue weighted by molar-refractivity contribution is 0.552. The summed E-state index contributed by atoms with van der Waals surface area (Å²) < 4.78 is 5.56. The van der Waals surface area contributed by atoms with E-state index in [-0.39, 0.29) is 0 Å². The third kappa shape index (κ3) is 1.70. The van der Waals surface area contributed by atoms with E-state index in [2.05, 4.69) is 35.3 Å². The normalized spacial score (nSPS) is 13.8. The molecule has 4 nitrogen and oxygen atoms in total. The average Bonchev–Trinajstić information content (AvgIpc) is 3.04. The summed E-state index contributed by atoms with van der Waals surface area (Å²) in [6.45, 7) is 2.08. The van der Waals surface area contributed by atoms with E-state index >= 15 is 0 Å². The maximum atomic E-state index is 5.56. The monoisotopic (exact) mass is 283 g/mol. The standard InChI is InChI=1S/C15H13N3OS/c1-8-5-6-12-10(7-8)13(14-17-18-15(20)19-14)9-3-2-4-11(9)16-12/h5-7H,2-4H2,1H3,(H,18,20). The number of pyridine rings is 1. The highest BCUT2D eigenvalue weighted by atomic mass is 32.1. The number of hydrogen-bond donors (Lipinski definition) is 1. The number of H-pyrrole nitrogens is 1. The summed E-state index contributed by atoms with van der Waals surface area (Å²) in [7, 11) is 0. The zero-order valence-corrected chi connectivity index (χ0v) is 11.9. The van der Waals surface area contributed by atoms with Crippen molar-refractivity contribution in [2.45, 2.75) is 26.2 Å². The van der Waals surface area contributed by atoms with E-state index < -0.39 is 0 Å². The van der Waals surface area contributed by atoms with Crippen LogP contribution in [0.2, 0.25) is 0 Å². The number of hydrogen-bond acceptors (Lipinski definition) is 4. The molecule has 1 aromatic carbocycles. The van der Waals surface area contributed by atoms with Crippen LogP contribution in [0.25, 0.3) is 22.4 Å². The molecule has 4 rings (SSSR count). The smallest absolute Gasteiger partial charge is 0.284 e. The van der Waals surface area contributed by atoms with Crippen LogP contribution in [0.1, 0.15) is 23.2 Å². The van der Waals surface area contributed by atoms with Crippen LogP contribution in [-0.2, 0) is 12.8 Å². The molecule has 0 radical (unpaired) electrons. The Morgan fingerprint density at radius 1 is 1.30 bits per heavy atom. The molecular formula is C15H13N3OS. The molecule has 0 aliphatic heterocycles. The van der Waals surface area contributed by atoms with E-state index in [1.807, 2.05) is 0 Å². The molecule has 0 spiro atoms. The van der Waals surface area contributed by atoms with Gasteiger partial charge in [0.2, 0.25) is 5.89 Å². The predicted molar refractivity (Wildman–Crippen MR) is 79.2 cm³/mol. The van der Waals surface area contributed by atoms with Crippen LogP contribution in [0.4, 0.5) is 0 Å². The van der Waals surface area contributed by atoms with Gasteiger partial charge in [-0.25, -0.2) is 5.10 Å². The summed E-state index contributed by atoms with van der Waals surface area (Å²) in [4.78, 5) is 5.09. The molecule has 0 atom stereocenters. The molecule has 0 bridgehead atoms. The van der Waals surface area contributed by atoms with Crippen molar-refractivity contribution in [3.63, 3.8) is 0 Å². The summed E-state index contributed by atoms with van der Waals surface area (Å²) in [5.41, 5.74) is 5.68. The van der Waals surface area contributed by atoms with Gasteiger partial charge >= 0.3 is 0 Å². The van der Waals surface area contributed by atoms with E-state index in [0.29, 0.717) is 10.7 Å². The second-order valence-corrected chi connectivity index (χ2v) is 5.58. The van der Waals surface area contributed by atoms with Crippen LogP contribution in [0.15, 0.2) is 22.6 Å². The lowest BCUT2D eigenvalue weighted by Gasteiger charge is -2.09. The molecule has 1 aliphatic carbocycles. The molecule has 0 unspecified atom stereocenters. The van der Waals surface area contributed by atoms with Crippen molar-refractivity contribution in [1.82, 2.24) is 15.2 Å². The molecule has 20 heavy (non-hydrogen) atoms. The maximum Gasteiger partial charge on any atom is 0.284 e. The van der Waals surface area contributed by atoms with Gasteiger partial charge in [-0.3, -0.25) is 4.98 Å². The van der Waals surface area contributed by atoms with Crippen molar-refractivity contribution in [3.05, 3.63) is 39.9 Å².